The molecule has 1 atom stereocenters. The third-order valence-electron chi connectivity index (χ3n) is 3.36. The Bertz CT molecular complexity index is 700. The van der Waals surface area contributed by atoms with E-state index in [1.54, 1.807) is 11.3 Å². The van der Waals surface area contributed by atoms with Crippen molar-refractivity contribution < 1.29 is 0 Å². The van der Waals surface area contributed by atoms with Gasteiger partial charge in [-0.15, -0.1) is 11.3 Å². The van der Waals surface area contributed by atoms with Crippen molar-refractivity contribution in [3.63, 3.8) is 0 Å². The number of benzene rings is 1. The highest BCUT2D eigenvalue weighted by atomic mass is 32.1. The topological polar surface area (TPSA) is 37.8 Å². The third kappa shape index (κ3) is 2.13. The molecule has 0 fully saturated rings. The van der Waals surface area contributed by atoms with Crippen LogP contribution in [0.3, 0.4) is 0 Å². The summed E-state index contributed by atoms with van der Waals surface area (Å²) < 4.78 is 0. The fourth-order valence-electron chi connectivity index (χ4n) is 2.40. The summed E-state index contributed by atoms with van der Waals surface area (Å²) in [5, 5.41) is 5.81. The molecule has 0 bridgehead atoms. The third-order valence-corrected chi connectivity index (χ3v) is 4.36. The molecule has 1 N–H and O–H groups in total. The lowest BCUT2D eigenvalue weighted by molar-refractivity contribution is 0.702. The number of fused-ring (bicyclic) bond motifs is 1. The van der Waals surface area contributed by atoms with E-state index in [1.165, 1.54) is 21.2 Å². The van der Waals surface area contributed by atoms with Gasteiger partial charge in [0.15, 0.2) is 0 Å². The van der Waals surface area contributed by atoms with Gasteiger partial charge in [0.2, 0.25) is 0 Å². The Balaban J connectivity index is 2.20. The average molecular weight is 269 g/mol. The quantitative estimate of drug-likeness (QED) is 0.792. The van der Waals surface area contributed by atoms with Crippen LogP contribution in [-0.2, 0) is 0 Å². The Morgan fingerprint density at radius 2 is 2.16 bits per heavy atom. The number of aromatic nitrogens is 2. The first kappa shape index (κ1) is 12.3. The summed E-state index contributed by atoms with van der Waals surface area (Å²) in [5.41, 5.74) is 4.24. The van der Waals surface area contributed by atoms with Gasteiger partial charge < -0.3 is 5.32 Å². The Hall–Kier alpha value is -1.78. The van der Waals surface area contributed by atoms with Crippen LogP contribution in [-0.4, -0.2) is 17.0 Å². The van der Waals surface area contributed by atoms with Gasteiger partial charge in [-0.05, 0) is 31.0 Å². The molecule has 4 heteroatoms. The molecular formula is C15H15N3S. The second kappa shape index (κ2) is 5.07. The van der Waals surface area contributed by atoms with Crippen molar-refractivity contribution in [2.75, 3.05) is 7.05 Å². The first-order chi connectivity index (χ1) is 9.31. The molecule has 0 aliphatic heterocycles. The van der Waals surface area contributed by atoms with Crippen molar-refractivity contribution in [3.05, 3.63) is 58.3 Å². The Labute approximate surface area is 116 Å². The average Bonchev–Trinajstić information content (AvgIpc) is 2.86. The van der Waals surface area contributed by atoms with Crippen LogP contribution in [0.2, 0.25) is 0 Å². The zero-order valence-electron chi connectivity index (χ0n) is 10.9. The number of pyridine rings is 1. The van der Waals surface area contributed by atoms with Gasteiger partial charge in [-0.2, -0.15) is 0 Å². The Morgan fingerprint density at radius 3 is 2.89 bits per heavy atom. The van der Waals surface area contributed by atoms with Crippen LogP contribution in [0.5, 0.6) is 0 Å². The van der Waals surface area contributed by atoms with Crippen LogP contribution in [0.25, 0.3) is 10.8 Å². The lowest BCUT2D eigenvalue weighted by Gasteiger charge is -2.17. The first-order valence-corrected chi connectivity index (χ1v) is 7.09. The van der Waals surface area contributed by atoms with Gasteiger partial charge in [0.1, 0.15) is 0 Å². The molecule has 1 unspecified atom stereocenters. The Morgan fingerprint density at radius 1 is 1.26 bits per heavy atom. The molecule has 96 valence electrons. The van der Waals surface area contributed by atoms with E-state index in [0.717, 1.165) is 5.69 Å². The molecular weight excluding hydrogens is 254 g/mol. The molecule has 0 radical (unpaired) electrons. The normalized spacial score (nSPS) is 12.7. The standard InChI is InChI=1S/C15H15N3S/c1-10-15(19-9-18-10)14(16-2)12-5-3-4-11-6-7-17-8-13(11)12/h3-9,14,16H,1-2H3. The van der Waals surface area contributed by atoms with Crippen LogP contribution in [0.1, 0.15) is 22.2 Å². The number of nitrogens with one attached hydrogen (secondary N) is 1. The summed E-state index contributed by atoms with van der Waals surface area (Å²) in [7, 11) is 1.99. The maximum Gasteiger partial charge on any atom is 0.0798 e. The number of aryl methyl sites for hydroxylation is 1. The molecule has 0 aliphatic carbocycles. The fraction of sp³-hybridized carbons (Fsp3) is 0.200. The summed E-state index contributed by atoms with van der Waals surface area (Å²) in [6, 6.07) is 8.58. The molecule has 0 spiro atoms. The zero-order chi connectivity index (χ0) is 13.2. The van der Waals surface area contributed by atoms with Crippen LogP contribution in [0.4, 0.5) is 0 Å². The molecule has 3 rings (SSSR count). The van der Waals surface area contributed by atoms with Gasteiger partial charge in [0.05, 0.1) is 17.2 Å². The van der Waals surface area contributed by atoms with Crippen molar-refractivity contribution in [1.82, 2.24) is 15.3 Å². The number of hydrogen-bond donors (Lipinski definition) is 1. The molecule has 0 amide bonds. The van der Waals surface area contributed by atoms with Gasteiger partial charge in [0, 0.05) is 22.7 Å². The predicted octanol–water partition coefficient (Wildman–Crippen LogP) is 3.31. The van der Waals surface area contributed by atoms with E-state index >= 15 is 0 Å². The van der Waals surface area contributed by atoms with Gasteiger partial charge in [-0.25, -0.2) is 4.98 Å². The minimum atomic E-state index is 0.167. The summed E-state index contributed by atoms with van der Waals surface area (Å²) in [6.07, 6.45) is 3.77. The molecule has 0 aliphatic rings. The van der Waals surface area contributed by atoms with Crippen molar-refractivity contribution in [2.45, 2.75) is 13.0 Å². The molecule has 3 nitrogen and oxygen atoms in total. The lowest BCUT2D eigenvalue weighted by atomic mass is 9.98. The summed E-state index contributed by atoms with van der Waals surface area (Å²) in [5.74, 6) is 0. The van der Waals surface area contributed by atoms with Crippen molar-refractivity contribution in [2.24, 2.45) is 0 Å². The van der Waals surface area contributed by atoms with Crippen LogP contribution >= 0.6 is 11.3 Å². The van der Waals surface area contributed by atoms with Gasteiger partial charge in [-0.1, -0.05) is 18.2 Å². The van der Waals surface area contributed by atoms with E-state index < -0.39 is 0 Å². The maximum atomic E-state index is 4.35. The van der Waals surface area contributed by atoms with Gasteiger partial charge in [0.25, 0.3) is 0 Å². The number of hydrogen-bond acceptors (Lipinski definition) is 4. The van der Waals surface area contributed by atoms with E-state index in [2.05, 4.69) is 40.4 Å². The summed E-state index contributed by atoms with van der Waals surface area (Å²) >= 11 is 1.69. The lowest BCUT2D eigenvalue weighted by Crippen LogP contribution is -2.17. The maximum absolute atomic E-state index is 4.35. The highest BCUT2D eigenvalue weighted by molar-refractivity contribution is 7.09. The molecule has 2 heterocycles. The predicted molar refractivity (Wildman–Crippen MR) is 79.5 cm³/mol. The largest absolute Gasteiger partial charge is 0.309 e. The highest BCUT2D eigenvalue weighted by Crippen LogP contribution is 2.31. The van der Waals surface area contributed by atoms with E-state index in [9.17, 15) is 0 Å². The fourth-order valence-corrected chi connectivity index (χ4v) is 3.33. The van der Waals surface area contributed by atoms with Crippen LogP contribution < -0.4 is 5.32 Å². The smallest absolute Gasteiger partial charge is 0.0798 e. The molecule has 0 saturated carbocycles. The molecule has 2 aromatic heterocycles. The minimum absolute atomic E-state index is 0.167. The van der Waals surface area contributed by atoms with E-state index in [1.807, 2.05) is 31.0 Å². The molecule has 19 heavy (non-hydrogen) atoms. The van der Waals surface area contributed by atoms with E-state index in [4.69, 9.17) is 0 Å². The monoisotopic (exact) mass is 269 g/mol. The van der Waals surface area contributed by atoms with Gasteiger partial charge >= 0.3 is 0 Å². The van der Waals surface area contributed by atoms with Crippen molar-refractivity contribution >= 4 is 22.1 Å². The van der Waals surface area contributed by atoms with Crippen molar-refractivity contribution in [1.29, 1.82) is 0 Å². The zero-order valence-corrected chi connectivity index (χ0v) is 11.7. The van der Waals surface area contributed by atoms with Gasteiger partial charge in [-0.3, -0.25) is 4.98 Å². The number of nitrogens with zero attached hydrogens (tertiary/aromatic N) is 2. The second-order valence-corrected chi connectivity index (χ2v) is 5.35. The highest BCUT2D eigenvalue weighted by Gasteiger charge is 2.18. The summed E-state index contributed by atoms with van der Waals surface area (Å²) in [4.78, 5) is 9.87. The minimum Gasteiger partial charge on any atom is -0.309 e. The number of rotatable bonds is 3. The van der Waals surface area contributed by atoms with Crippen LogP contribution in [0, 0.1) is 6.92 Å². The van der Waals surface area contributed by atoms with E-state index in [0.29, 0.717) is 0 Å². The van der Waals surface area contributed by atoms with Crippen LogP contribution in [0.15, 0.2) is 42.2 Å². The SMILES string of the molecule is CNC(c1scnc1C)c1cccc2ccncc12. The second-order valence-electron chi connectivity index (χ2n) is 4.47. The molecule has 1 aromatic carbocycles. The summed E-state index contributed by atoms with van der Waals surface area (Å²) in [6.45, 7) is 2.06. The molecule has 3 aromatic rings. The first-order valence-electron chi connectivity index (χ1n) is 6.21. The van der Waals surface area contributed by atoms with E-state index in [-0.39, 0.29) is 6.04 Å². The number of thiazole rings is 1. The van der Waals surface area contributed by atoms with Crippen molar-refractivity contribution in [3.8, 4) is 0 Å². The Kier molecular flexibility index (Phi) is 3.27. The molecule has 0 saturated heterocycles.